The SMILES string of the molecule is COCC(C)C(=O)Nc1ccc(C)c(C(=O)O)c1. The Morgan fingerprint density at radius 3 is 2.67 bits per heavy atom. The minimum absolute atomic E-state index is 0.187. The number of ether oxygens (including phenoxy) is 1. The summed E-state index contributed by atoms with van der Waals surface area (Å²) in [5.74, 6) is -1.49. The Morgan fingerprint density at radius 2 is 2.11 bits per heavy atom. The summed E-state index contributed by atoms with van der Waals surface area (Å²) in [6.07, 6.45) is 0. The quantitative estimate of drug-likeness (QED) is 0.838. The van der Waals surface area contributed by atoms with E-state index in [1.807, 2.05) is 0 Å². The molecule has 18 heavy (non-hydrogen) atoms. The molecule has 1 atom stereocenters. The van der Waals surface area contributed by atoms with Gasteiger partial charge >= 0.3 is 5.97 Å². The Labute approximate surface area is 106 Å². The van der Waals surface area contributed by atoms with Crippen molar-refractivity contribution in [2.24, 2.45) is 5.92 Å². The monoisotopic (exact) mass is 251 g/mol. The fraction of sp³-hybridized carbons (Fsp3) is 0.385. The molecule has 0 aliphatic heterocycles. The first kappa shape index (κ1) is 14.2. The lowest BCUT2D eigenvalue weighted by Crippen LogP contribution is -2.24. The highest BCUT2D eigenvalue weighted by molar-refractivity contribution is 5.95. The molecule has 1 rings (SSSR count). The second-order valence-electron chi connectivity index (χ2n) is 4.18. The van der Waals surface area contributed by atoms with Crippen molar-refractivity contribution in [1.82, 2.24) is 0 Å². The highest BCUT2D eigenvalue weighted by Gasteiger charge is 2.14. The zero-order chi connectivity index (χ0) is 13.7. The largest absolute Gasteiger partial charge is 0.478 e. The van der Waals surface area contributed by atoms with Crippen LogP contribution in [0.1, 0.15) is 22.8 Å². The highest BCUT2D eigenvalue weighted by atomic mass is 16.5. The number of methoxy groups -OCH3 is 1. The Kier molecular flexibility index (Phi) is 4.85. The molecule has 2 N–H and O–H groups in total. The highest BCUT2D eigenvalue weighted by Crippen LogP contribution is 2.16. The molecule has 0 saturated heterocycles. The third kappa shape index (κ3) is 3.56. The molecule has 0 radical (unpaired) electrons. The van der Waals surface area contributed by atoms with Gasteiger partial charge in [-0.2, -0.15) is 0 Å². The maximum atomic E-state index is 11.7. The maximum Gasteiger partial charge on any atom is 0.336 e. The summed E-state index contributed by atoms with van der Waals surface area (Å²) in [7, 11) is 1.53. The van der Waals surface area contributed by atoms with Crippen molar-refractivity contribution in [1.29, 1.82) is 0 Å². The number of rotatable bonds is 5. The molecule has 1 aromatic carbocycles. The van der Waals surface area contributed by atoms with Crippen LogP contribution in [0.4, 0.5) is 5.69 Å². The Morgan fingerprint density at radius 1 is 1.44 bits per heavy atom. The van der Waals surface area contributed by atoms with Crippen LogP contribution in [-0.4, -0.2) is 30.7 Å². The van der Waals surface area contributed by atoms with Crippen molar-refractivity contribution in [3.63, 3.8) is 0 Å². The summed E-state index contributed by atoms with van der Waals surface area (Å²) in [4.78, 5) is 22.7. The van der Waals surface area contributed by atoms with E-state index < -0.39 is 5.97 Å². The van der Waals surface area contributed by atoms with Crippen molar-refractivity contribution in [3.05, 3.63) is 29.3 Å². The minimum Gasteiger partial charge on any atom is -0.478 e. The van der Waals surface area contributed by atoms with Gasteiger partial charge in [-0.15, -0.1) is 0 Å². The number of benzene rings is 1. The smallest absolute Gasteiger partial charge is 0.336 e. The average Bonchev–Trinajstić information content (AvgIpc) is 2.31. The molecule has 1 unspecified atom stereocenters. The molecule has 0 aliphatic rings. The van der Waals surface area contributed by atoms with Crippen LogP contribution in [0, 0.1) is 12.8 Å². The van der Waals surface area contributed by atoms with Crippen LogP contribution in [0.25, 0.3) is 0 Å². The van der Waals surface area contributed by atoms with Gasteiger partial charge in [0.1, 0.15) is 0 Å². The van der Waals surface area contributed by atoms with Crippen LogP contribution < -0.4 is 5.32 Å². The number of carbonyl (C=O) groups is 2. The summed E-state index contributed by atoms with van der Waals surface area (Å²) in [6.45, 7) is 3.78. The summed E-state index contributed by atoms with van der Waals surface area (Å²) >= 11 is 0. The van der Waals surface area contributed by atoms with E-state index in [0.29, 0.717) is 17.9 Å². The summed E-state index contributed by atoms with van der Waals surface area (Å²) in [5.41, 5.74) is 1.32. The van der Waals surface area contributed by atoms with E-state index in [1.165, 1.54) is 13.2 Å². The number of hydrogen-bond donors (Lipinski definition) is 2. The number of amides is 1. The van der Waals surface area contributed by atoms with Crippen LogP contribution in [0.15, 0.2) is 18.2 Å². The third-order valence-electron chi connectivity index (χ3n) is 2.60. The van der Waals surface area contributed by atoms with Gasteiger partial charge in [-0.3, -0.25) is 4.79 Å². The molecule has 0 aromatic heterocycles. The van der Waals surface area contributed by atoms with Gasteiger partial charge in [0.2, 0.25) is 5.91 Å². The van der Waals surface area contributed by atoms with Gasteiger partial charge in [0.05, 0.1) is 18.1 Å². The fourth-order valence-corrected chi connectivity index (χ4v) is 1.52. The number of aryl methyl sites for hydroxylation is 1. The summed E-state index contributed by atoms with van der Waals surface area (Å²) in [6, 6.07) is 4.80. The molecule has 0 bridgehead atoms. The lowest BCUT2D eigenvalue weighted by atomic mass is 10.1. The van der Waals surface area contributed by atoms with E-state index in [2.05, 4.69) is 5.32 Å². The van der Waals surface area contributed by atoms with E-state index >= 15 is 0 Å². The number of aromatic carboxylic acids is 1. The third-order valence-corrected chi connectivity index (χ3v) is 2.60. The summed E-state index contributed by atoms with van der Waals surface area (Å²) < 4.78 is 4.89. The van der Waals surface area contributed by atoms with Crippen molar-refractivity contribution in [3.8, 4) is 0 Å². The van der Waals surface area contributed by atoms with Gasteiger partial charge in [-0.25, -0.2) is 4.79 Å². The van der Waals surface area contributed by atoms with E-state index in [4.69, 9.17) is 9.84 Å². The number of hydrogen-bond acceptors (Lipinski definition) is 3. The van der Waals surface area contributed by atoms with Crippen LogP contribution >= 0.6 is 0 Å². The Hall–Kier alpha value is -1.88. The molecule has 0 fully saturated rings. The van der Waals surface area contributed by atoms with E-state index in [1.54, 1.807) is 26.0 Å². The molecule has 0 saturated carbocycles. The predicted octanol–water partition coefficient (Wildman–Crippen LogP) is 1.91. The van der Waals surface area contributed by atoms with Gasteiger partial charge in [0.25, 0.3) is 0 Å². The van der Waals surface area contributed by atoms with Crippen molar-refractivity contribution < 1.29 is 19.4 Å². The van der Waals surface area contributed by atoms with Crippen LogP contribution in [0.3, 0.4) is 0 Å². The number of anilines is 1. The van der Waals surface area contributed by atoms with Gasteiger partial charge in [0, 0.05) is 12.8 Å². The topological polar surface area (TPSA) is 75.6 Å². The van der Waals surface area contributed by atoms with E-state index in [0.717, 1.165) is 0 Å². The molecule has 0 heterocycles. The number of nitrogens with one attached hydrogen (secondary N) is 1. The van der Waals surface area contributed by atoms with Crippen molar-refractivity contribution in [2.75, 3.05) is 19.0 Å². The molecular formula is C13H17NO4. The second-order valence-corrected chi connectivity index (χ2v) is 4.18. The number of carboxylic acid groups (broad SMARTS) is 1. The first-order valence-electron chi connectivity index (χ1n) is 5.59. The fourth-order valence-electron chi connectivity index (χ4n) is 1.52. The molecule has 0 spiro atoms. The van der Waals surface area contributed by atoms with E-state index in [9.17, 15) is 9.59 Å². The Balaban J connectivity index is 2.82. The zero-order valence-electron chi connectivity index (χ0n) is 10.7. The molecular weight excluding hydrogens is 234 g/mol. The van der Waals surface area contributed by atoms with Crippen molar-refractivity contribution >= 4 is 17.6 Å². The standard InChI is InChI=1S/C13H17NO4/c1-8-4-5-10(6-11(8)13(16)17)14-12(15)9(2)7-18-3/h4-6,9H,7H2,1-3H3,(H,14,15)(H,16,17). The number of carboxylic acids is 1. The summed E-state index contributed by atoms with van der Waals surface area (Å²) in [5, 5.41) is 11.7. The maximum absolute atomic E-state index is 11.7. The lowest BCUT2D eigenvalue weighted by Gasteiger charge is -2.12. The predicted molar refractivity (Wildman–Crippen MR) is 67.8 cm³/mol. The molecule has 1 aromatic rings. The molecule has 0 aliphatic carbocycles. The average molecular weight is 251 g/mol. The Bertz CT molecular complexity index is 456. The first-order valence-corrected chi connectivity index (χ1v) is 5.59. The zero-order valence-corrected chi connectivity index (χ0v) is 10.7. The van der Waals surface area contributed by atoms with Gasteiger partial charge in [-0.1, -0.05) is 13.0 Å². The molecule has 5 nitrogen and oxygen atoms in total. The molecule has 98 valence electrons. The lowest BCUT2D eigenvalue weighted by molar-refractivity contribution is -0.120. The van der Waals surface area contributed by atoms with Gasteiger partial charge in [-0.05, 0) is 24.6 Å². The first-order chi connectivity index (χ1) is 8.45. The van der Waals surface area contributed by atoms with Gasteiger partial charge < -0.3 is 15.2 Å². The number of carbonyl (C=O) groups excluding carboxylic acids is 1. The van der Waals surface area contributed by atoms with Crippen LogP contribution in [-0.2, 0) is 9.53 Å². The molecule has 1 amide bonds. The van der Waals surface area contributed by atoms with Crippen LogP contribution in [0.5, 0.6) is 0 Å². The van der Waals surface area contributed by atoms with E-state index in [-0.39, 0.29) is 17.4 Å². The second kappa shape index (κ2) is 6.16. The minimum atomic E-state index is -1.01. The van der Waals surface area contributed by atoms with Gasteiger partial charge in [0.15, 0.2) is 0 Å². The van der Waals surface area contributed by atoms with Crippen molar-refractivity contribution in [2.45, 2.75) is 13.8 Å². The molecule has 5 heteroatoms. The van der Waals surface area contributed by atoms with Crippen LogP contribution in [0.2, 0.25) is 0 Å². The normalized spacial score (nSPS) is 11.9.